The molecule has 4 fully saturated rings. The van der Waals surface area contributed by atoms with Crippen molar-refractivity contribution in [1.29, 1.82) is 0 Å². The Hall–Kier alpha value is -0.280. The lowest BCUT2D eigenvalue weighted by atomic mass is 9.43. The maximum absolute atomic E-state index is 7.07. The van der Waals surface area contributed by atoms with Gasteiger partial charge in [0.25, 0.3) is 0 Å². The molecule has 7 heteroatoms. The van der Waals surface area contributed by atoms with Gasteiger partial charge in [0, 0.05) is 25.2 Å². The number of ether oxygens (including phenoxy) is 3. The lowest BCUT2D eigenvalue weighted by Gasteiger charge is -2.65. The first-order valence-corrected chi connectivity index (χ1v) is 25.0. The molecule has 4 aliphatic rings. The molecular weight excluding hydrogens is 693 g/mol. The molecule has 7 nitrogen and oxygen atoms in total. The lowest BCUT2D eigenvalue weighted by Crippen LogP contribution is -2.63. The number of fused-ring (bicyclic) bond motifs is 5. The quantitative estimate of drug-likeness (QED) is 0.0501. The molecule has 0 amide bonds. The summed E-state index contributed by atoms with van der Waals surface area (Å²) in [4.78, 5) is 0. The molecule has 0 saturated heterocycles. The second kappa shape index (κ2) is 26.8. The molecule has 11 unspecified atom stereocenters. The van der Waals surface area contributed by atoms with Crippen LogP contribution < -0.4 is 22.5 Å². The van der Waals surface area contributed by atoms with E-state index in [1.54, 1.807) is 0 Å². The van der Waals surface area contributed by atoms with Crippen LogP contribution in [0.4, 0.5) is 0 Å². The number of nitrogens with two attached hydrogens (primary N) is 3. The number of unbranched alkanes of at least 4 members (excludes halogenated alkanes) is 13. The van der Waals surface area contributed by atoms with Crippen LogP contribution in [0.3, 0.4) is 0 Å². The Balaban J connectivity index is 1.26. The average molecular weight is 789 g/mol. The monoisotopic (exact) mass is 789 g/mol. The van der Waals surface area contributed by atoms with Crippen molar-refractivity contribution >= 4 is 0 Å². The van der Waals surface area contributed by atoms with E-state index in [4.69, 9.17) is 31.4 Å². The van der Waals surface area contributed by atoms with E-state index >= 15 is 0 Å². The number of hydrogen-bond acceptors (Lipinski definition) is 7. The van der Waals surface area contributed by atoms with Crippen molar-refractivity contribution < 1.29 is 14.2 Å². The molecule has 0 aromatic rings. The van der Waals surface area contributed by atoms with Crippen LogP contribution in [0.2, 0.25) is 0 Å². The average Bonchev–Trinajstić information content (AvgIpc) is 3.56. The molecule has 0 radical (unpaired) electrons. The van der Waals surface area contributed by atoms with E-state index in [0.29, 0.717) is 78.9 Å². The first-order chi connectivity index (χ1) is 27.3. The predicted molar refractivity (Wildman–Crippen MR) is 238 cm³/mol. The smallest absolute Gasteiger partial charge is 0.0637 e. The minimum Gasteiger partial charge on any atom is -0.378 e. The summed E-state index contributed by atoms with van der Waals surface area (Å²) in [5.41, 5.74) is 18.3. The van der Waals surface area contributed by atoms with Crippen molar-refractivity contribution in [3.63, 3.8) is 0 Å². The van der Waals surface area contributed by atoms with Crippen molar-refractivity contribution in [3.05, 3.63) is 0 Å². The Morgan fingerprint density at radius 3 is 1.80 bits per heavy atom. The fraction of sp³-hybridized carbons (Fsp3) is 1.00. The SMILES string of the molecule is CCCCCCCCCCCCCCCCNCCCC(C)C1CCC2C3C(OCCCN)CC4CC(OCCCN)CCC4(C)C3CC(OCCCN)C12C. The highest BCUT2D eigenvalue weighted by Gasteiger charge is 2.66. The molecule has 0 bridgehead atoms. The largest absolute Gasteiger partial charge is 0.378 e. The topological polar surface area (TPSA) is 118 Å². The zero-order valence-electron chi connectivity index (χ0n) is 37.7. The first kappa shape index (κ1) is 48.4. The van der Waals surface area contributed by atoms with Crippen molar-refractivity contribution in [1.82, 2.24) is 5.32 Å². The van der Waals surface area contributed by atoms with Gasteiger partial charge in [0.05, 0.1) is 18.3 Å². The standard InChI is InChI=1S/C49H96N4O3/c1-5-6-7-8-9-10-11-12-13-14-15-16-17-18-31-53-32-19-23-39(2)42-24-25-43-47-44(38-46(49(42,43)4)56-35-22-30-52)48(3)27-26-41(54-33-20-28-50)36-40(48)37-45(47)55-34-21-29-51/h39-47,53H,5-38,50-52H2,1-4H3. The molecule has 0 spiro atoms. The van der Waals surface area contributed by atoms with E-state index in [1.165, 1.54) is 148 Å². The molecule has 4 saturated carbocycles. The Kier molecular flexibility index (Phi) is 23.2. The highest BCUT2D eigenvalue weighted by atomic mass is 16.5. The van der Waals surface area contributed by atoms with Gasteiger partial charge in [0.1, 0.15) is 0 Å². The van der Waals surface area contributed by atoms with Gasteiger partial charge in [-0.3, -0.25) is 0 Å². The van der Waals surface area contributed by atoms with Crippen molar-refractivity contribution in [2.24, 2.45) is 63.5 Å². The van der Waals surface area contributed by atoms with E-state index in [1.807, 2.05) is 0 Å². The van der Waals surface area contributed by atoms with Crippen molar-refractivity contribution in [3.8, 4) is 0 Å². The van der Waals surface area contributed by atoms with Gasteiger partial charge in [-0.1, -0.05) is 111 Å². The van der Waals surface area contributed by atoms with E-state index in [9.17, 15) is 0 Å². The number of nitrogens with one attached hydrogen (secondary N) is 1. The summed E-state index contributed by atoms with van der Waals surface area (Å²) in [6, 6.07) is 0. The van der Waals surface area contributed by atoms with Gasteiger partial charge in [-0.2, -0.15) is 0 Å². The molecule has 4 rings (SSSR count). The normalized spacial score (nSPS) is 33.3. The number of hydrogen-bond donors (Lipinski definition) is 4. The molecule has 56 heavy (non-hydrogen) atoms. The molecule has 330 valence electrons. The van der Waals surface area contributed by atoms with Crippen LogP contribution in [0, 0.1) is 46.3 Å². The Morgan fingerprint density at radius 1 is 0.607 bits per heavy atom. The molecule has 7 N–H and O–H groups in total. The third kappa shape index (κ3) is 13.9. The Bertz CT molecular complexity index is 1000. The zero-order chi connectivity index (χ0) is 40.1. The van der Waals surface area contributed by atoms with Crippen molar-refractivity contribution in [2.75, 3.05) is 52.5 Å². The summed E-state index contributed by atoms with van der Waals surface area (Å²) in [5, 5.41) is 3.82. The lowest BCUT2D eigenvalue weighted by molar-refractivity contribution is -0.227. The van der Waals surface area contributed by atoms with Crippen LogP contribution in [0.1, 0.15) is 195 Å². The maximum atomic E-state index is 7.07. The van der Waals surface area contributed by atoms with E-state index in [2.05, 4.69) is 33.0 Å². The van der Waals surface area contributed by atoms with Crippen LogP contribution in [0.25, 0.3) is 0 Å². The van der Waals surface area contributed by atoms with E-state index in [-0.39, 0.29) is 5.41 Å². The van der Waals surface area contributed by atoms with Gasteiger partial charge in [0.15, 0.2) is 0 Å². The Morgan fingerprint density at radius 2 is 1.18 bits per heavy atom. The van der Waals surface area contributed by atoms with Crippen LogP contribution in [-0.4, -0.2) is 70.9 Å². The maximum Gasteiger partial charge on any atom is 0.0637 e. The summed E-state index contributed by atoms with van der Waals surface area (Å²) in [7, 11) is 0. The fourth-order valence-corrected chi connectivity index (χ4v) is 12.9. The fourth-order valence-electron chi connectivity index (χ4n) is 12.9. The zero-order valence-corrected chi connectivity index (χ0v) is 37.7. The molecule has 0 aromatic heterocycles. The number of rotatable bonds is 32. The second-order valence-electron chi connectivity index (χ2n) is 19.9. The molecule has 11 atom stereocenters. The van der Waals surface area contributed by atoms with Crippen molar-refractivity contribution in [2.45, 2.75) is 213 Å². The minimum absolute atomic E-state index is 0.179. The van der Waals surface area contributed by atoms with E-state index < -0.39 is 0 Å². The van der Waals surface area contributed by atoms with Crippen LogP contribution >= 0.6 is 0 Å². The van der Waals surface area contributed by atoms with Gasteiger partial charge in [-0.15, -0.1) is 0 Å². The van der Waals surface area contributed by atoms with Crippen LogP contribution in [0.5, 0.6) is 0 Å². The van der Waals surface area contributed by atoms with Crippen LogP contribution in [0.15, 0.2) is 0 Å². The molecule has 4 aliphatic carbocycles. The van der Waals surface area contributed by atoms with Gasteiger partial charge < -0.3 is 36.7 Å². The summed E-state index contributed by atoms with van der Waals surface area (Å²) >= 11 is 0. The van der Waals surface area contributed by atoms with Gasteiger partial charge >= 0.3 is 0 Å². The second-order valence-corrected chi connectivity index (χ2v) is 19.9. The summed E-state index contributed by atoms with van der Waals surface area (Å²) < 4.78 is 20.5. The minimum atomic E-state index is 0.179. The summed E-state index contributed by atoms with van der Waals surface area (Å²) in [6.45, 7) is 17.0. The third-order valence-electron chi connectivity index (χ3n) is 16.2. The van der Waals surface area contributed by atoms with E-state index in [0.717, 1.165) is 52.0 Å². The molecule has 0 heterocycles. The highest BCUT2D eigenvalue weighted by molar-refractivity contribution is 5.15. The summed E-state index contributed by atoms with van der Waals surface area (Å²) in [5.74, 6) is 3.91. The van der Waals surface area contributed by atoms with Crippen LogP contribution in [-0.2, 0) is 14.2 Å². The molecule has 0 aromatic carbocycles. The first-order valence-electron chi connectivity index (χ1n) is 25.0. The predicted octanol–water partition coefficient (Wildman–Crippen LogP) is 10.6. The highest BCUT2D eigenvalue weighted by Crippen LogP contribution is 2.69. The Labute approximate surface area is 347 Å². The summed E-state index contributed by atoms with van der Waals surface area (Å²) in [6.07, 6.45) is 35.0. The van der Waals surface area contributed by atoms with Gasteiger partial charge in [0.2, 0.25) is 0 Å². The molecule has 0 aliphatic heterocycles. The van der Waals surface area contributed by atoms with Gasteiger partial charge in [-0.25, -0.2) is 0 Å². The molecular formula is C49H96N4O3. The van der Waals surface area contributed by atoms with Gasteiger partial charge in [-0.05, 0) is 157 Å². The third-order valence-corrected chi connectivity index (χ3v) is 16.2.